The zero-order chi connectivity index (χ0) is 19.2. The summed E-state index contributed by atoms with van der Waals surface area (Å²) in [6, 6.07) is 12.5. The molecule has 6 nitrogen and oxygen atoms in total. The molecule has 3 rings (SSSR count). The van der Waals surface area contributed by atoms with Crippen LogP contribution in [0.2, 0.25) is 0 Å². The van der Waals surface area contributed by atoms with Gasteiger partial charge in [0.15, 0.2) is 0 Å². The monoisotopic (exact) mass is 366 g/mol. The maximum Gasteiger partial charge on any atom is 0.255 e. The molecule has 0 bridgehead atoms. The second kappa shape index (κ2) is 8.66. The maximum atomic E-state index is 12.9. The summed E-state index contributed by atoms with van der Waals surface area (Å²) in [5.74, 6) is -0.0293. The summed E-state index contributed by atoms with van der Waals surface area (Å²) in [7, 11) is 0. The van der Waals surface area contributed by atoms with Crippen molar-refractivity contribution in [2.45, 2.75) is 26.4 Å². The van der Waals surface area contributed by atoms with Gasteiger partial charge in [-0.15, -0.1) is 0 Å². The van der Waals surface area contributed by atoms with Gasteiger partial charge in [0.1, 0.15) is 0 Å². The molecule has 0 spiro atoms. The van der Waals surface area contributed by atoms with Gasteiger partial charge in [0.05, 0.1) is 17.4 Å². The molecule has 2 aromatic rings. The van der Waals surface area contributed by atoms with E-state index < -0.39 is 0 Å². The van der Waals surface area contributed by atoms with Crippen LogP contribution in [0.4, 0.5) is 5.69 Å². The Morgan fingerprint density at radius 3 is 2.48 bits per heavy atom. The molecule has 1 saturated heterocycles. The fourth-order valence-corrected chi connectivity index (χ4v) is 3.27. The molecule has 1 aromatic heterocycles. The van der Waals surface area contributed by atoms with Gasteiger partial charge in [-0.2, -0.15) is 0 Å². The highest BCUT2D eigenvalue weighted by Gasteiger charge is 2.22. The second-order valence-electron chi connectivity index (χ2n) is 7.07. The number of hydrogen-bond acceptors (Lipinski definition) is 4. The molecule has 1 aromatic carbocycles. The summed E-state index contributed by atoms with van der Waals surface area (Å²) < 4.78 is 0. The van der Waals surface area contributed by atoms with Gasteiger partial charge in [-0.3, -0.25) is 14.6 Å². The Kier molecular flexibility index (Phi) is 6.06. The van der Waals surface area contributed by atoms with E-state index in [0.29, 0.717) is 31.7 Å². The predicted octanol–water partition coefficient (Wildman–Crippen LogP) is 2.41. The van der Waals surface area contributed by atoms with Gasteiger partial charge in [-0.25, -0.2) is 0 Å². The van der Waals surface area contributed by atoms with Crippen molar-refractivity contribution in [3.8, 4) is 0 Å². The van der Waals surface area contributed by atoms with Crippen LogP contribution in [0.5, 0.6) is 0 Å². The van der Waals surface area contributed by atoms with Gasteiger partial charge < -0.3 is 14.7 Å². The SMILES string of the molecule is CC(C)N(Cc1ccccc1)c1cncc(C(=O)N2CCN(C=O)CC2)c1. The minimum atomic E-state index is -0.0293. The van der Waals surface area contributed by atoms with Crippen LogP contribution >= 0.6 is 0 Å². The number of piperazine rings is 1. The lowest BCUT2D eigenvalue weighted by Gasteiger charge is -2.33. The summed E-state index contributed by atoms with van der Waals surface area (Å²) in [5.41, 5.74) is 2.74. The summed E-state index contributed by atoms with van der Waals surface area (Å²) in [5, 5.41) is 0. The van der Waals surface area contributed by atoms with Gasteiger partial charge in [0, 0.05) is 45.0 Å². The quantitative estimate of drug-likeness (QED) is 0.737. The number of amides is 2. The van der Waals surface area contributed by atoms with E-state index in [0.717, 1.165) is 18.6 Å². The minimum Gasteiger partial charge on any atom is -0.364 e. The molecular weight excluding hydrogens is 340 g/mol. The lowest BCUT2D eigenvalue weighted by molar-refractivity contribution is -0.119. The molecule has 0 radical (unpaired) electrons. The maximum absolute atomic E-state index is 12.9. The number of carbonyl (C=O) groups is 2. The molecule has 1 aliphatic heterocycles. The molecule has 0 unspecified atom stereocenters. The van der Waals surface area contributed by atoms with Crippen molar-refractivity contribution in [2.24, 2.45) is 0 Å². The summed E-state index contributed by atoms with van der Waals surface area (Å²) >= 11 is 0. The van der Waals surface area contributed by atoms with E-state index in [1.807, 2.05) is 30.5 Å². The smallest absolute Gasteiger partial charge is 0.255 e. The molecule has 0 atom stereocenters. The van der Waals surface area contributed by atoms with Crippen molar-refractivity contribution in [1.29, 1.82) is 0 Å². The van der Waals surface area contributed by atoms with E-state index >= 15 is 0 Å². The number of benzene rings is 1. The molecular formula is C21H26N4O2. The van der Waals surface area contributed by atoms with Crippen LogP contribution in [-0.4, -0.2) is 59.3 Å². The minimum absolute atomic E-state index is 0.0293. The van der Waals surface area contributed by atoms with Crippen molar-refractivity contribution < 1.29 is 9.59 Å². The molecule has 0 aliphatic carbocycles. The van der Waals surface area contributed by atoms with Crippen molar-refractivity contribution in [3.05, 3.63) is 59.9 Å². The average molecular weight is 366 g/mol. The van der Waals surface area contributed by atoms with E-state index in [9.17, 15) is 9.59 Å². The fraction of sp³-hybridized carbons (Fsp3) is 0.381. The molecule has 27 heavy (non-hydrogen) atoms. The van der Waals surface area contributed by atoms with Gasteiger partial charge in [-0.05, 0) is 25.5 Å². The number of rotatable bonds is 6. The normalized spacial score (nSPS) is 14.3. The fourth-order valence-electron chi connectivity index (χ4n) is 3.27. The molecule has 1 aliphatic rings. The van der Waals surface area contributed by atoms with E-state index in [1.165, 1.54) is 5.56 Å². The third kappa shape index (κ3) is 4.64. The van der Waals surface area contributed by atoms with Crippen LogP contribution in [0, 0.1) is 0 Å². The standard InChI is InChI=1S/C21H26N4O2/c1-17(2)25(15-18-6-4-3-5-7-18)20-12-19(13-22-14-20)21(27)24-10-8-23(16-26)9-11-24/h3-7,12-14,16-17H,8-11,15H2,1-2H3. The summed E-state index contributed by atoms with van der Waals surface area (Å²) in [6.07, 6.45) is 4.27. The second-order valence-corrected chi connectivity index (χ2v) is 7.07. The molecule has 6 heteroatoms. The Labute approximate surface area is 160 Å². The number of anilines is 1. The first-order valence-corrected chi connectivity index (χ1v) is 9.32. The highest BCUT2D eigenvalue weighted by atomic mass is 16.2. The first kappa shape index (κ1) is 18.9. The number of carbonyl (C=O) groups excluding carboxylic acids is 2. The van der Waals surface area contributed by atoms with Gasteiger partial charge in [0.2, 0.25) is 6.41 Å². The number of aromatic nitrogens is 1. The van der Waals surface area contributed by atoms with Crippen molar-refractivity contribution in [2.75, 3.05) is 31.1 Å². The van der Waals surface area contributed by atoms with Gasteiger partial charge in [-0.1, -0.05) is 30.3 Å². The number of nitrogens with zero attached hydrogens (tertiary/aromatic N) is 4. The van der Waals surface area contributed by atoms with Crippen molar-refractivity contribution in [1.82, 2.24) is 14.8 Å². The Morgan fingerprint density at radius 1 is 1.15 bits per heavy atom. The van der Waals surface area contributed by atoms with Gasteiger partial charge >= 0.3 is 0 Å². The Morgan fingerprint density at radius 2 is 1.85 bits per heavy atom. The topological polar surface area (TPSA) is 56.8 Å². The first-order chi connectivity index (χ1) is 13.1. The number of pyridine rings is 1. The lowest BCUT2D eigenvalue weighted by Crippen LogP contribution is -2.48. The third-order valence-corrected chi connectivity index (χ3v) is 4.87. The predicted molar refractivity (Wildman–Crippen MR) is 106 cm³/mol. The molecule has 142 valence electrons. The molecule has 2 amide bonds. The van der Waals surface area contributed by atoms with Gasteiger partial charge in [0.25, 0.3) is 5.91 Å². The van der Waals surface area contributed by atoms with E-state index in [-0.39, 0.29) is 11.9 Å². The summed E-state index contributed by atoms with van der Waals surface area (Å²) in [4.78, 5) is 33.7. The summed E-state index contributed by atoms with van der Waals surface area (Å²) in [6.45, 7) is 7.30. The Bertz CT molecular complexity index is 771. The Hall–Kier alpha value is -2.89. The van der Waals surface area contributed by atoms with E-state index in [1.54, 1.807) is 16.0 Å². The third-order valence-electron chi connectivity index (χ3n) is 4.87. The average Bonchev–Trinajstić information content (AvgIpc) is 2.72. The van der Waals surface area contributed by atoms with Crippen LogP contribution in [-0.2, 0) is 11.3 Å². The van der Waals surface area contributed by atoms with Crippen LogP contribution in [0.25, 0.3) is 0 Å². The highest BCUT2D eigenvalue weighted by Crippen LogP contribution is 2.21. The Balaban J connectivity index is 1.77. The van der Waals surface area contributed by atoms with E-state index in [2.05, 4.69) is 35.9 Å². The van der Waals surface area contributed by atoms with Crippen LogP contribution in [0.1, 0.15) is 29.8 Å². The number of hydrogen-bond donors (Lipinski definition) is 0. The molecule has 0 saturated carbocycles. The van der Waals surface area contributed by atoms with Crippen LogP contribution in [0.3, 0.4) is 0 Å². The molecule has 2 heterocycles. The van der Waals surface area contributed by atoms with E-state index in [4.69, 9.17) is 0 Å². The van der Waals surface area contributed by atoms with Crippen molar-refractivity contribution in [3.63, 3.8) is 0 Å². The van der Waals surface area contributed by atoms with Crippen molar-refractivity contribution >= 4 is 18.0 Å². The molecule has 1 fully saturated rings. The first-order valence-electron chi connectivity index (χ1n) is 9.32. The molecule has 0 N–H and O–H groups in total. The largest absolute Gasteiger partial charge is 0.364 e. The zero-order valence-corrected chi connectivity index (χ0v) is 15.9. The lowest BCUT2D eigenvalue weighted by atomic mass is 10.1. The van der Waals surface area contributed by atoms with Crippen LogP contribution in [0.15, 0.2) is 48.8 Å². The highest BCUT2D eigenvalue weighted by molar-refractivity contribution is 5.95. The zero-order valence-electron chi connectivity index (χ0n) is 15.9. The van der Waals surface area contributed by atoms with Crippen LogP contribution < -0.4 is 4.90 Å².